The van der Waals surface area contributed by atoms with Crippen molar-refractivity contribution in [2.24, 2.45) is 0 Å². The van der Waals surface area contributed by atoms with Gasteiger partial charge in [-0.25, -0.2) is 8.42 Å². The predicted octanol–water partition coefficient (Wildman–Crippen LogP) is 2.28. The Kier molecular flexibility index (Phi) is 5.82. The molecule has 0 heterocycles. The highest BCUT2D eigenvalue weighted by Gasteiger charge is 2.27. The molecule has 1 aromatic carbocycles. The van der Waals surface area contributed by atoms with Gasteiger partial charge in [0.2, 0.25) is 10.0 Å². The quantitative estimate of drug-likeness (QED) is 0.816. The fourth-order valence-corrected chi connectivity index (χ4v) is 3.74. The summed E-state index contributed by atoms with van der Waals surface area (Å²) in [6.45, 7) is 5.99. The zero-order chi connectivity index (χ0) is 15.5. The zero-order valence-electron chi connectivity index (χ0n) is 12.2. The van der Waals surface area contributed by atoms with Crippen LogP contribution >= 0.6 is 11.6 Å². The number of halogens is 1. The van der Waals surface area contributed by atoms with Gasteiger partial charge in [-0.15, -0.1) is 0 Å². The van der Waals surface area contributed by atoms with E-state index in [-0.39, 0.29) is 23.2 Å². The van der Waals surface area contributed by atoms with E-state index in [0.717, 1.165) is 0 Å². The van der Waals surface area contributed by atoms with Gasteiger partial charge >= 0.3 is 0 Å². The maximum absolute atomic E-state index is 12.7. The minimum absolute atomic E-state index is 0.154. The summed E-state index contributed by atoms with van der Waals surface area (Å²) in [6.07, 6.45) is 0. The molecule has 0 atom stereocenters. The fourth-order valence-electron chi connectivity index (χ4n) is 1.88. The lowest BCUT2D eigenvalue weighted by atomic mass is 10.2. The Balaban J connectivity index is 3.26. The summed E-state index contributed by atoms with van der Waals surface area (Å²) >= 11 is 5.97. The highest BCUT2D eigenvalue weighted by molar-refractivity contribution is 7.89. The van der Waals surface area contributed by atoms with Crippen LogP contribution in [0.1, 0.15) is 19.4 Å². The van der Waals surface area contributed by atoms with E-state index < -0.39 is 10.0 Å². The highest BCUT2D eigenvalue weighted by Crippen LogP contribution is 2.28. The number of methoxy groups -OCH3 is 1. The molecule has 0 unspecified atom stereocenters. The second-order valence-electron chi connectivity index (χ2n) is 4.85. The number of ether oxygens (including phenoxy) is 1. The Morgan fingerprint density at radius 1 is 1.40 bits per heavy atom. The van der Waals surface area contributed by atoms with Crippen molar-refractivity contribution in [1.29, 1.82) is 0 Å². The van der Waals surface area contributed by atoms with E-state index in [1.54, 1.807) is 6.92 Å². The van der Waals surface area contributed by atoms with E-state index in [1.165, 1.54) is 23.5 Å². The van der Waals surface area contributed by atoms with Crippen LogP contribution in [0.4, 0.5) is 5.69 Å². The molecule has 0 aliphatic carbocycles. The molecule has 0 aliphatic heterocycles. The van der Waals surface area contributed by atoms with E-state index in [0.29, 0.717) is 17.2 Å². The van der Waals surface area contributed by atoms with Crippen molar-refractivity contribution in [3.05, 3.63) is 22.7 Å². The molecule has 0 aliphatic rings. The molecule has 5 nitrogen and oxygen atoms in total. The Hall–Kier alpha value is -0.820. The van der Waals surface area contributed by atoms with E-state index >= 15 is 0 Å². The van der Waals surface area contributed by atoms with Crippen molar-refractivity contribution in [3.8, 4) is 0 Å². The number of benzene rings is 1. The van der Waals surface area contributed by atoms with Crippen molar-refractivity contribution in [1.82, 2.24) is 4.31 Å². The third-order valence-corrected chi connectivity index (χ3v) is 5.52. The van der Waals surface area contributed by atoms with Gasteiger partial charge in [0.15, 0.2) is 0 Å². The van der Waals surface area contributed by atoms with E-state index in [9.17, 15) is 8.42 Å². The number of nitrogens with two attached hydrogens (primary N) is 1. The maximum Gasteiger partial charge on any atom is 0.243 e. The van der Waals surface area contributed by atoms with Gasteiger partial charge in [0.25, 0.3) is 0 Å². The molecule has 0 spiro atoms. The first-order chi connectivity index (χ1) is 9.21. The number of hydrogen-bond acceptors (Lipinski definition) is 4. The Morgan fingerprint density at radius 3 is 2.45 bits per heavy atom. The van der Waals surface area contributed by atoms with Gasteiger partial charge in [-0.2, -0.15) is 4.31 Å². The lowest BCUT2D eigenvalue weighted by Gasteiger charge is -2.26. The van der Waals surface area contributed by atoms with Gasteiger partial charge < -0.3 is 10.5 Å². The predicted molar refractivity (Wildman–Crippen MR) is 81.5 cm³/mol. The third-order valence-electron chi connectivity index (χ3n) is 2.95. The highest BCUT2D eigenvalue weighted by atomic mass is 35.5. The van der Waals surface area contributed by atoms with Crippen LogP contribution in [-0.2, 0) is 14.8 Å². The van der Waals surface area contributed by atoms with Crippen molar-refractivity contribution in [3.63, 3.8) is 0 Å². The Labute approximate surface area is 125 Å². The smallest absolute Gasteiger partial charge is 0.243 e. The number of aryl methyl sites for hydroxylation is 1. The molecule has 7 heteroatoms. The zero-order valence-corrected chi connectivity index (χ0v) is 13.8. The van der Waals surface area contributed by atoms with E-state index in [4.69, 9.17) is 22.1 Å². The molecule has 0 fully saturated rings. The van der Waals surface area contributed by atoms with Crippen LogP contribution in [0.3, 0.4) is 0 Å². The van der Waals surface area contributed by atoms with Crippen LogP contribution in [0.2, 0.25) is 5.02 Å². The van der Waals surface area contributed by atoms with Gasteiger partial charge in [-0.1, -0.05) is 11.6 Å². The molecule has 114 valence electrons. The maximum atomic E-state index is 12.7. The molecule has 0 saturated heterocycles. The average molecular weight is 321 g/mol. The number of nitrogens with zero attached hydrogens (tertiary/aromatic N) is 1. The van der Waals surface area contributed by atoms with Gasteiger partial charge in [-0.3, -0.25) is 0 Å². The Morgan fingerprint density at radius 2 is 2.00 bits per heavy atom. The first-order valence-electron chi connectivity index (χ1n) is 6.28. The van der Waals surface area contributed by atoms with E-state index in [1.807, 2.05) is 13.8 Å². The molecule has 0 amide bonds. The second kappa shape index (κ2) is 6.76. The summed E-state index contributed by atoms with van der Waals surface area (Å²) in [6, 6.07) is 2.76. The minimum atomic E-state index is -3.62. The summed E-state index contributed by atoms with van der Waals surface area (Å²) in [5, 5.41) is 0.386. The number of sulfonamides is 1. The molecule has 0 bridgehead atoms. The molecule has 2 N–H and O–H groups in total. The number of anilines is 1. The molecule has 20 heavy (non-hydrogen) atoms. The van der Waals surface area contributed by atoms with Crippen LogP contribution in [0.25, 0.3) is 0 Å². The number of rotatable bonds is 6. The van der Waals surface area contributed by atoms with Crippen LogP contribution in [0, 0.1) is 6.92 Å². The monoisotopic (exact) mass is 320 g/mol. The van der Waals surface area contributed by atoms with Crippen LogP contribution in [-0.4, -0.2) is 39.0 Å². The standard InChI is InChI=1S/C13H21ClN2O3S/c1-9(2)16(5-6-19-4)20(17,18)11-7-10(3)13(14)12(15)8-11/h7-9H,5-6,15H2,1-4H3. The molecule has 0 radical (unpaired) electrons. The first-order valence-corrected chi connectivity index (χ1v) is 8.10. The molecular formula is C13H21ClN2O3S. The van der Waals surface area contributed by atoms with Gasteiger partial charge in [0.1, 0.15) is 0 Å². The minimum Gasteiger partial charge on any atom is -0.397 e. The summed E-state index contributed by atoms with van der Waals surface area (Å²) in [5.74, 6) is 0. The Bertz CT molecular complexity index is 550. The van der Waals surface area contributed by atoms with Crippen LogP contribution in [0.5, 0.6) is 0 Å². The average Bonchev–Trinajstić information content (AvgIpc) is 2.35. The van der Waals surface area contributed by atoms with Gasteiger partial charge in [0.05, 0.1) is 22.2 Å². The normalized spacial score (nSPS) is 12.3. The summed E-state index contributed by atoms with van der Waals surface area (Å²) in [7, 11) is -2.08. The van der Waals surface area contributed by atoms with Crippen molar-refractivity contribution in [2.75, 3.05) is 26.0 Å². The van der Waals surface area contributed by atoms with Gasteiger partial charge in [0, 0.05) is 19.7 Å². The third kappa shape index (κ3) is 3.63. The number of nitrogen functional groups attached to an aromatic ring is 1. The fraction of sp³-hybridized carbons (Fsp3) is 0.538. The van der Waals surface area contributed by atoms with Crippen molar-refractivity contribution in [2.45, 2.75) is 31.7 Å². The van der Waals surface area contributed by atoms with Crippen molar-refractivity contribution >= 4 is 27.3 Å². The molecular weight excluding hydrogens is 300 g/mol. The lowest BCUT2D eigenvalue weighted by molar-refractivity contribution is 0.171. The van der Waals surface area contributed by atoms with Crippen LogP contribution in [0.15, 0.2) is 17.0 Å². The van der Waals surface area contributed by atoms with E-state index in [2.05, 4.69) is 0 Å². The molecule has 1 rings (SSSR count). The SMILES string of the molecule is COCCN(C(C)C)S(=O)(=O)c1cc(C)c(Cl)c(N)c1. The lowest BCUT2D eigenvalue weighted by Crippen LogP contribution is -2.39. The topological polar surface area (TPSA) is 72.6 Å². The van der Waals surface area contributed by atoms with Crippen molar-refractivity contribution < 1.29 is 13.2 Å². The first kappa shape index (κ1) is 17.2. The second-order valence-corrected chi connectivity index (χ2v) is 7.11. The molecule has 0 aromatic heterocycles. The summed E-state index contributed by atoms with van der Waals surface area (Å²) in [5.41, 5.74) is 6.66. The number of hydrogen-bond donors (Lipinski definition) is 1. The van der Waals surface area contributed by atoms with Gasteiger partial charge in [-0.05, 0) is 38.5 Å². The molecule has 0 saturated carbocycles. The summed E-state index contributed by atoms with van der Waals surface area (Å²) in [4.78, 5) is 0.154. The molecule has 1 aromatic rings. The largest absolute Gasteiger partial charge is 0.397 e. The summed E-state index contributed by atoms with van der Waals surface area (Å²) < 4.78 is 31.7. The van der Waals surface area contributed by atoms with Crippen LogP contribution < -0.4 is 5.73 Å².